The van der Waals surface area contributed by atoms with Crippen LogP contribution < -0.4 is 10.1 Å². The molecule has 2 rings (SSSR count). The Morgan fingerprint density at radius 3 is 2.57 bits per heavy atom. The van der Waals surface area contributed by atoms with Gasteiger partial charge < -0.3 is 14.8 Å². The normalized spacial score (nSPS) is 12.1. The number of rotatable bonds is 7. The maximum Gasteiger partial charge on any atom is 0.387 e. The van der Waals surface area contributed by atoms with Crippen LogP contribution in [-0.4, -0.2) is 24.6 Å². The van der Waals surface area contributed by atoms with Gasteiger partial charge >= 0.3 is 12.6 Å². The summed E-state index contributed by atoms with van der Waals surface area (Å²) >= 11 is 6.02. The molecule has 2 aromatic rings. The van der Waals surface area contributed by atoms with Gasteiger partial charge in [0.05, 0.1) is 5.69 Å². The summed E-state index contributed by atoms with van der Waals surface area (Å²) in [5.41, 5.74) is 1.64. The van der Waals surface area contributed by atoms with Crippen LogP contribution in [0.4, 0.5) is 14.5 Å². The van der Waals surface area contributed by atoms with Crippen LogP contribution in [0.2, 0.25) is 5.02 Å². The van der Waals surface area contributed by atoms with Crippen LogP contribution in [0.25, 0.3) is 6.08 Å². The van der Waals surface area contributed by atoms with Crippen molar-refractivity contribution in [1.29, 1.82) is 0 Å². The summed E-state index contributed by atoms with van der Waals surface area (Å²) in [7, 11) is 0. The van der Waals surface area contributed by atoms with Crippen molar-refractivity contribution in [3.63, 3.8) is 0 Å². The molecule has 0 aliphatic carbocycles. The van der Waals surface area contributed by atoms with Gasteiger partial charge in [0.1, 0.15) is 5.75 Å². The van der Waals surface area contributed by atoms with Gasteiger partial charge in [-0.05, 0) is 49.2 Å². The van der Waals surface area contributed by atoms with Crippen molar-refractivity contribution in [1.82, 2.24) is 0 Å². The molecule has 0 fully saturated rings. The van der Waals surface area contributed by atoms with Crippen molar-refractivity contribution < 1.29 is 27.8 Å². The number of aryl methyl sites for hydroxylation is 1. The number of amides is 1. The summed E-state index contributed by atoms with van der Waals surface area (Å²) < 4.78 is 34.2. The van der Waals surface area contributed by atoms with Gasteiger partial charge in [0, 0.05) is 11.1 Å². The van der Waals surface area contributed by atoms with Gasteiger partial charge in [0.25, 0.3) is 5.91 Å². The van der Waals surface area contributed by atoms with Crippen molar-refractivity contribution >= 4 is 35.2 Å². The maximum absolute atomic E-state index is 12.4. The van der Waals surface area contributed by atoms with Crippen molar-refractivity contribution in [3.8, 4) is 5.75 Å². The standard InChI is InChI=1S/C20H18ClF2NO4/c1-12-7-8-14(11-15(12)21)9-10-18(25)27-13(2)19(26)24-16-5-3-4-6-17(16)28-20(22)23/h3-11,13,20H,1-2H3,(H,24,26)/b10-9+/t13-/m1/s1. The van der Waals surface area contributed by atoms with Gasteiger partial charge in [0.2, 0.25) is 0 Å². The molecule has 0 bridgehead atoms. The quantitative estimate of drug-likeness (QED) is 0.525. The van der Waals surface area contributed by atoms with E-state index in [4.69, 9.17) is 16.3 Å². The van der Waals surface area contributed by atoms with E-state index in [0.717, 1.165) is 5.56 Å². The highest BCUT2D eigenvalue weighted by atomic mass is 35.5. The first-order chi connectivity index (χ1) is 13.3. The number of halogens is 3. The Labute approximate surface area is 165 Å². The molecule has 1 atom stereocenters. The lowest BCUT2D eigenvalue weighted by atomic mass is 10.1. The van der Waals surface area contributed by atoms with Gasteiger partial charge in [-0.25, -0.2) is 4.79 Å². The molecule has 28 heavy (non-hydrogen) atoms. The number of para-hydroxylation sites is 2. The predicted octanol–water partition coefficient (Wildman–Crippen LogP) is 4.83. The van der Waals surface area contributed by atoms with Crippen LogP contribution >= 0.6 is 11.6 Å². The number of ether oxygens (including phenoxy) is 2. The Balaban J connectivity index is 1.95. The number of carbonyl (C=O) groups is 2. The summed E-state index contributed by atoms with van der Waals surface area (Å²) in [4.78, 5) is 24.1. The van der Waals surface area contributed by atoms with E-state index in [1.54, 1.807) is 18.2 Å². The fourth-order valence-electron chi connectivity index (χ4n) is 2.15. The molecule has 5 nitrogen and oxygen atoms in total. The highest BCUT2D eigenvalue weighted by Gasteiger charge is 2.19. The van der Waals surface area contributed by atoms with Gasteiger partial charge in [0.15, 0.2) is 6.10 Å². The minimum absolute atomic E-state index is 0.0422. The molecule has 1 N–H and O–H groups in total. The van der Waals surface area contributed by atoms with Crippen LogP contribution in [0.15, 0.2) is 48.5 Å². The minimum atomic E-state index is -3.03. The number of hydrogen-bond donors (Lipinski definition) is 1. The number of esters is 1. The third-order valence-corrected chi connectivity index (χ3v) is 4.04. The van der Waals surface area contributed by atoms with Crippen molar-refractivity contribution in [2.75, 3.05) is 5.32 Å². The van der Waals surface area contributed by atoms with Crippen LogP contribution in [-0.2, 0) is 14.3 Å². The average Bonchev–Trinajstić information content (AvgIpc) is 2.63. The zero-order valence-electron chi connectivity index (χ0n) is 15.1. The summed E-state index contributed by atoms with van der Waals surface area (Å²) in [6.45, 7) is 0.184. The van der Waals surface area contributed by atoms with E-state index in [9.17, 15) is 18.4 Å². The highest BCUT2D eigenvalue weighted by molar-refractivity contribution is 6.31. The molecule has 2 aromatic carbocycles. The second kappa shape index (κ2) is 9.85. The molecule has 0 aromatic heterocycles. The Morgan fingerprint density at radius 1 is 1.18 bits per heavy atom. The van der Waals surface area contributed by atoms with Crippen LogP contribution in [0, 0.1) is 6.92 Å². The first-order valence-electron chi connectivity index (χ1n) is 8.26. The molecule has 1 amide bonds. The summed E-state index contributed by atoms with van der Waals surface area (Å²) in [5, 5.41) is 2.96. The van der Waals surface area contributed by atoms with E-state index < -0.39 is 24.6 Å². The SMILES string of the molecule is Cc1ccc(/C=C/C(=O)O[C@H](C)C(=O)Nc2ccccc2OC(F)F)cc1Cl. The number of alkyl halides is 2. The summed E-state index contributed by atoms with van der Waals surface area (Å²) in [6, 6.07) is 11.0. The van der Waals surface area contributed by atoms with Crippen molar-refractivity contribution in [2.45, 2.75) is 26.6 Å². The molecule has 0 spiro atoms. The second-order valence-corrected chi connectivity index (χ2v) is 6.19. The first kappa shape index (κ1) is 21.4. The molecular formula is C20H18ClF2NO4. The smallest absolute Gasteiger partial charge is 0.387 e. The molecule has 8 heteroatoms. The van der Waals surface area contributed by atoms with E-state index in [2.05, 4.69) is 10.1 Å². The fourth-order valence-corrected chi connectivity index (χ4v) is 2.34. The van der Waals surface area contributed by atoms with Crippen LogP contribution in [0.1, 0.15) is 18.1 Å². The maximum atomic E-state index is 12.4. The summed E-state index contributed by atoms with van der Waals surface area (Å²) in [5.74, 6) is -1.62. The molecule has 0 saturated carbocycles. The molecule has 0 aliphatic heterocycles. The van der Waals surface area contributed by atoms with Crippen LogP contribution in [0.5, 0.6) is 5.75 Å². The molecule has 0 radical (unpaired) electrons. The zero-order valence-corrected chi connectivity index (χ0v) is 15.9. The lowest BCUT2D eigenvalue weighted by Crippen LogP contribution is -2.29. The number of benzene rings is 2. The summed E-state index contributed by atoms with van der Waals surface area (Å²) in [6.07, 6.45) is 1.52. The minimum Gasteiger partial charge on any atom is -0.449 e. The lowest BCUT2D eigenvalue weighted by molar-refractivity contribution is -0.148. The largest absolute Gasteiger partial charge is 0.449 e. The zero-order chi connectivity index (χ0) is 20.7. The van der Waals surface area contributed by atoms with Crippen molar-refractivity contribution in [3.05, 3.63) is 64.7 Å². The Hall–Kier alpha value is -2.93. The monoisotopic (exact) mass is 409 g/mol. The van der Waals surface area contributed by atoms with E-state index in [1.807, 2.05) is 13.0 Å². The number of hydrogen-bond acceptors (Lipinski definition) is 4. The highest BCUT2D eigenvalue weighted by Crippen LogP contribution is 2.25. The van der Waals surface area contributed by atoms with Gasteiger partial charge in [-0.1, -0.05) is 35.9 Å². The van der Waals surface area contributed by atoms with E-state index >= 15 is 0 Å². The fraction of sp³-hybridized carbons (Fsp3) is 0.200. The molecule has 0 aliphatic rings. The van der Waals surface area contributed by atoms with E-state index in [1.165, 1.54) is 37.3 Å². The van der Waals surface area contributed by atoms with E-state index in [0.29, 0.717) is 10.6 Å². The Kier molecular flexibility index (Phi) is 7.52. The number of anilines is 1. The topological polar surface area (TPSA) is 64.6 Å². The molecule has 0 saturated heterocycles. The molecular weight excluding hydrogens is 392 g/mol. The van der Waals surface area contributed by atoms with E-state index in [-0.39, 0.29) is 11.4 Å². The molecule has 148 valence electrons. The predicted molar refractivity (Wildman–Crippen MR) is 102 cm³/mol. The number of carbonyl (C=O) groups excluding carboxylic acids is 2. The van der Waals surface area contributed by atoms with Crippen LogP contribution in [0.3, 0.4) is 0 Å². The lowest BCUT2D eigenvalue weighted by Gasteiger charge is -2.15. The number of nitrogens with one attached hydrogen (secondary N) is 1. The molecule has 0 heterocycles. The van der Waals surface area contributed by atoms with Gasteiger partial charge in [-0.15, -0.1) is 0 Å². The van der Waals surface area contributed by atoms with Crippen molar-refractivity contribution in [2.24, 2.45) is 0 Å². The third kappa shape index (κ3) is 6.35. The third-order valence-electron chi connectivity index (χ3n) is 3.63. The first-order valence-corrected chi connectivity index (χ1v) is 8.63. The molecule has 0 unspecified atom stereocenters. The Morgan fingerprint density at radius 2 is 1.89 bits per heavy atom. The average molecular weight is 410 g/mol. The van der Waals surface area contributed by atoms with Gasteiger partial charge in [-0.2, -0.15) is 8.78 Å². The van der Waals surface area contributed by atoms with Gasteiger partial charge in [-0.3, -0.25) is 4.79 Å². The Bertz CT molecular complexity index is 886. The second-order valence-electron chi connectivity index (χ2n) is 5.78.